The summed E-state index contributed by atoms with van der Waals surface area (Å²) in [6, 6.07) is 0. The average Bonchev–Trinajstić information content (AvgIpc) is 1.89. The summed E-state index contributed by atoms with van der Waals surface area (Å²) in [5.41, 5.74) is 0. The van der Waals surface area contributed by atoms with Crippen LogP contribution in [-0.2, 0) is 14.3 Å². The van der Waals surface area contributed by atoms with E-state index in [0.717, 1.165) is 19.4 Å². The minimum Gasteiger partial charge on any atom is -0.465 e. The molecule has 10 heavy (non-hydrogen) atoms. The van der Waals surface area contributed by atoms with Gasteiger partial charge in [-0.2, -0.15) is 0 Å². The van der Waals surface area contributed by atoms with E-state index in [-0.39, 0.29) is 6.10 Å². The monoisotopic (exact) mass is 146 g/mol. The van der Waals surface area contributed by atoms with Crippen LogP contribution in [0.15, 0.2) is 0 Å². The van der Waals surface area contributed by atoms with Crippen molar-refractivity contribution in [2.24, 2.45) is 0 Å². The van der Waals surface area contributed by atoms with Crippen LogP contribution in [0.2, 0.25) is 0 Å². The molecular weight excluding hydrogens is 132 g/mol. The number of carbonyl (C=O) groups is 1. The first-order chi connectivity index (χ1) is 4.81. The Morgan fingerprint density at radius 1 is 1.60 bits per heavy atom. The van der Waals surface area contributed by atoms with Gasteiger partial charge < -0.3 is 9.47 Å². The Hall–Kier alpha value is -0.570. The highest BCUT2D eigenvalue weighted by atomic mass is 16.5. The van der Waals surface area contributed by atoms with Gasteiger partial charge in [-0.05, 0) is 19.8 Å². The van der Waals surface area contributed by atoms with Crippen LogP contribution in [0.3, 0.4) is 0 Å². The van der Waals surface area contributed by atoms with Crippen LogP contribution in [0, 0.1) is 0 Å². The van der Waals surface area contributed by atoms with Crippen molar-refractivity contribution in [3.8, 4) is 0 Å². The molecule has 0 N–H and O–H groups in total. The lowest BCUT2D eigenvalue weighted by Gasteiger charge is -2.07. The van der Waals surface area contributed by atoms with E-state index in [1.165, 1.54) is 0 Å². The molecule has 0 aliphatic heterocycles. The zero-order valence-corrected chi connectivity index (χ0v) is 6.50. The van der Waals surface area contributed by atoms with Crippen molar-refractivity contribution in [2.75, 3.05) is 13.7 Å². The molecule has 0 rings (SSSR count). The zero-order valence-electron chi connectivity index (χ0n) is 6.50. The van der Waals surface area contributed by atoms with Gasteiger partial charge in [-0.3, -0.25) is 4.79 Å². The second-order valence-corrected chi connectivity index (χ2v) is 2.18. The Morgan fingerprint density at radius 2 is 2.30 bits per heavy atom. The molecule has 0 spiro atoms. The third-order valence-electron chi connectivity index (χ3n) is 1.25. The summed E-state index contributed by atoms with van der Waals surface area (Å²) < 4.78 is 9.48. The van der Waals surface area contributed by atoms with Gasteiger partial charge in [-0.25, -0.2) is 0 Å². The summed E-state index contributed by atoms with van der Waals surface area (Å²) in [4.78, 5) is 9.79. The third-order valence-corrected chi connectivity index (χ3v) is 1.25. The van der Waals surface area contributed by atoms with E-state index >= 15 is 0 Å². The van der Waals surface area contributed by atoms with Crippen molar-refractivity contribution in [2.45, 2.75) is 25.9 Å². The van der Waals surface area contributed by atoms with E-state index in [1.54, 1.807) is 7.11 Å². The van der Waals surface area contributed by atoms with Crippen molar-refractivity contribution in [3.63, 3.8) is 0 Å². The van der Waals surface area contributed by atoms with Crippen molar-refractivity contribution in [1.29, 1.82) is 0 Å². The van der Waals surface area contributed by atoms with Crippen LogP contribution < -0.4 is 0 Å². The smallest absolute Gasteiger partial charge is 0.293 e. The summed E-state index contributed by atoms with van der Waals surface area (Å²) in [6.07, 6.45) is 1.82. The number of rotatable bonds is 6. The molecule has 0 aliphatic rings. The first kappa shape index (κ1) is 9.43. The van der Waals surface area contributed by atoms with Crippen LogP contribution in [0.4, 0.5) is 0 Å². The summed E-state index contributed by atoms with van der Waals surface area (Å²) in [7, 11) is 1.66. The lowest BCUT2D eigenvalue weighted by molar-refractivity contribution is -0.133. The van der Waals surface area contributed by atoms with Gasteiger partial charge in [0.05, 0.1) is 6.10 Å². The SMILES string of the molecule is COCCCC(C)OC=O. The highest BCUT2D eigenvalue weighted by Crippen LogP contribution is 1.99. The topological polar surface area (TPSA) is 35.5 Å². The van der Waals surface area contributed by atoms with E-state index in [0.29, 0.717) is 6.47 Å². The summed E-state index contributed by atoms with van der Waals surface area (Å²) >= 11 is 0. The molecule has 3 heteroatoms. The van der Waals surface area contributed by atoms with E-state index in [9.17, 15) is 4.79 Å². The maximum absolute atomic E-state index is 9.79. The minimum atomic E-state index is 0.0210. The zero-order chi connectivity index (χ0) is 7.82. The molecule has 0 amide bonds. The van der Waals surface area contributed by atoms with Gasteiger partial charge in [-0.1, -0.05) is 0 Å². The fraction of sp³-hybridized carbons (Fsp3) is 0.857. The Balaban J connectivity index is 3.04. The first-order valence-electron chi connectivity index (χ1n) is 3.39. The van der Waals surface area contributed by atoms with Gasteiger partial charge in [0.1, 0.15) is 0 Å². The molecule has 0 aromatic rings. The molecule has 0 aromatic heterocycles. The van der Waals surface area contributed by atoms with Crippen LogP contribution in [-0.4, -0.2) is 26.3 Å². The largest absolute Gasteiger partial charge is 0.465 e. The van der Waals surface area contributed by atoms with Crippen molar-refractivity contribution >= 4 is 6.47 Å². The van der Waals surface area contributed by atoms with E-state index in [1.807, 2.05) is 6.92 Å². The number of ether oxygens (including phenoxy) is 2. The second-order valence-electron chi connectivity index (χ2n) is 2.18. The number of hydrogen-bond acceptors (Lipinski definition) is 3. The van der Waals surface area contributed by atoms with Crippen LogP contribution in [0.1, 0.15) is 19.8 Å². The quantitative estimate of drug-likeness (QED) is 0.414. The van der Waals surface area contributed by atoms with E-state index < -0.39 is 0 Å². The average molecular weight is 146 g/mol. The number of methoxy groups -OCH3 is 1. The number of carbonyl (C=O) groups excluding carboxylic acids is 1. The van der Waals surface area contributed by atoms with Crippen molar-refractivity contribution in [1.82, 2.24) is 0 Å². The molecule has 0 saturated carbocycles. The molecule has 0 radical (unpaired) electrons. The lowest BCUT2D eigenvalue weighted by Crippen LogP contribution is -2.07. The van der Waals surface area contributed by atoms with Crippen molar-refractivity contribution in [3.05, 3.63) is 0 Å². The van der Waals surface area contributed by atoms with E-state index in [4.69, 9.17) is 4.74 Å². The first-order valence-corrected chi connectivity index (χ1v) is 3.39. The standard InChI is InChI=1S/C7H14O3/c1-7(10-6-8)4-3-5-9-2/h6-7H,3-5H2,1-2H3. The van der Waals surface area contributed by atoms with Gasteiger partial charge in [0.2, 0.25) is 0 Å². The Morgan fingerprint density at radius 3 is 2.80 bits per heavy atom. The molecule has 0 aromatic carbocycles. The molecule has 1 unspecified atom stereocenters. The molecule has 1 atom stereocenters. The Labute approximate surface area is 61.3 Å². The molecule has 0 heterocycles. The maximum atomic E-state index is 9.79. The Kier molecular flexibility index (Phi) is 6.18. The molecule has 0 aliphatic carbocycles. The predicted octanol–water partition coefficient (Wildman–Crippen LogP) is 0.974. The van der Waals surface area contributed by atoms with Crippen LogP contribution in [0.5, 0.6) is 0 Å². The minimum absolute atomic E-state index is 0.0210. The fourth-order valence-electron chi connectivity index (χ4n) is 0.678. The fourth-order valence-corrected chi connectivity index (χ4v) is 0.678. The normalized spacial score (nSPS) is 12.6. The predicted molar refractivity (Wildman–Crippen MR) is 37.7 cm³/mol. The summed E-state index contributed by atoms with van der Waals surface area (Å²) in [5, 5.41) is 0. The van der Waals surface area contributed by atoms with Crippen LogP contribution >= 0.6 is 0 Å². The van der Waals surface area contributed by atoms with Gasteiger partial charge in [0.25, 0.3) is 6.47 Å². The maximum Gasteiger partial charge on any atom is 0.293 e. The highest BCUT2D eigenvalue weighted by Gasteiger charge is 1.99. The molecule has 0 fully saturated rings. The van der Waals surface area contributed by atoms with Crippen molar-refractivity contribution < 1.29 is 14.3 Å². The van der Waals surface area contributed by atoms with E-state index in [2.05, 4.69) is 4.74 Å². The second kappa shape index (κ2) is 6.55. The van der Waals surface area contributed by atoms with Gasteiger partial charge in [0, 0.05) is 13.7 Å². The lowest BCUT2D eigenvalue weighted by atomic mass is 10.2. The molecular formula is C7H14O3. The molecule has 0 bridgehead atoms. The Bertz CT molecular complexity index is 82.9. The van der Waals surface area contributed by atoms with Gasteiger partial charge in [0.15, 0.2) is 0 Å². The summed E-state index contributed by atoms with van der Waals surface area (Å²) in [5.74, 6) is 0. The number of hydrogen-bond donors (Lipinski definition) is 0. The third kappa shape index (κ3) is 5.56. The molecule has 3 nitrogen and oxygen atoms in total. The van der Waals surface area contributed by atoms with Crippen LogP contribution in [0.25, 0.3) is 0 Å². The van der Waals surface area contributed by atoms with Gasteiger partial charge in [-0.15, -0.1) is 0 Å². The molecule has 60 valence electrons. The molecule has 0 saturated heterocycles. The van der Waals surface area contributed by atoms with Gasteiger partial charge >= 0.3 is 0 Å². The summed E-state index contributed by atoms with van der Waals surface area (Å²) in [6.45, 7) is 3.08. The highest BCUT2D eigenvalue weighted by molar-refractivity contribution is 5.37.